The third kappa shape index (κ3) is 3.48. The second-order valence-corrected chi connectivity index (χ2v) is 5.85. The molecule has 0 spiro atoms. The molecule has 1 aliphatic rings. The molecule has 1 atom stereocenters. The van der Waals surface area contributed by atoms with Crippen LogP contribution in [0.3, 0.4) is 0 Å². The van der Waals surface area contributed by atoms with Crippen molar-refractivity contribution in [3.8, 4) is 0 Å². The van der Waals surface area contributed by atoms with Gasteiger partial charge >= 0.3 is 0 Å². The standard InChI is InChI=1S/C16H27N3/c1-13(11-17)12-18-7-9-19(10-8-18)16-6-4-5-14(2)15(16)3/h4-6,13H,7-12,17H2,1-3H3. The highest BCUT2D eigenvalue weighted by atomic mass is 15.3. The van der Waals surface area contributed by atoms with Crippen LogP contribution in [0.4, 0.5) is 5.69 Å². The summed E-state index contributed by atoms with van der Waals surface area (Å²) in [5, 5.41) is 0. The highest BCUT2D eigenvalue weighted by molar-refractivity contribution is 5.56. The fraction of sp³-hybridized carbons (Fsp3) is 0.625. The second-order valence-electron chi connectivity index (χ2n) is 5.85. The highest BCUT2D eigenvalue weighted by Gasteiger charge is 2.19. The molecular formula is C16H27N3. The van der Waals surface area contributed by atoms with Crippen LogP contribution in [0, 0.1) is 19.8 Å². The third-order valence-electron chi connectivity index (χ3n) is 4.26. The number of hydrogen-bond donors (Lipinski definition) is 1. The van der Waals surface area contributed by atoms with Crippen LogP contribution in [0.1, 0.15) is 18.1 Å². The molecule has 1 aliphatic heterocycles. The predicted octanol–water partition coefficient (Wildman–Crippen LogP) is 2.02. The molecule has 0 radical (unpaired) electrons. The predicted molar refractivity (Wildman–Crippen MR) is 82.8 cm³/mol. The third-order valence-corrected chi connectivity index (χ3v) is 4.26. The summed E-state index contributed by atoms with van der Waals surface area (Å²) in [6.07, 6.45) is 0. The molecule has 0 aromatic heterocycles. The van der Waals surface area contributed by atoms with Gasteiger partial charge in [0.25, 0.3) is 0 Å². The smallest absolute Gasteiger partial charge is 0.0399 e. The zero-order chi connectivity index (χ0) is 13.8. The van der Waals surface area contributed by atoms with Crippen LogP contribution in [0.25, 0.3) is 0 Å². The van der Waals surface area contributed by atoms with Gasteiger partial charge in [-0.05, 0) is 43.5 Å². The van der Waals surface area contributed by atoms with Crippen molar-refractivity contribution in [2.45, 2.75) is 20.8 Å². The van der Waals surface area contributed by atoms with Crippen LogP contribution < -0.4 is 10.6 Å². The number of nitrogens with zero attached hydrogens (tertiary/aromatic N) is 2. The quantitative estimate of drug-likeness (QED) is 0.900. The minimum atomic E-state index is 0.604. The molecule has 1 aromatic carbocycles. The first-order valence-electron chi connectivity index (χ1n) is 7.35. The Labute approximate surface area is 117 Å². The van der Waals surface area contributed by atoms with Crippen molar-refractivity contribution in [1.82, 2.24) is 4.90 Å². The minimum Gasteiger partial charge on any atom is -0.369 e. The van der Waals surface area contributed by atoms with Gasteiger partial charge in [0.05, 0.1) is 0 Å². The first-order valence-corrected chi connectivity index (χ1v) is 7.35. The maximum atomic E-state index is 5.71. The number of piperazine rings is 1. The van der Waals surface area contributed by atoms with Gasteiger partial charge in [-0.3, -0.25) is 4.90 Å². The van der Waals surface area contributed by atoms with E-state index in [1.165, 1.54) is 16.8 Å². The molecule has 1 unspecified atom stereocenters. The molecule has 1 heterocycles. The highest BCUT2D eigenvalue weighted by Crippen LogP contribution is 2.23. The molecule has 1 fully saturated rings. The van der Waals surface area contributed by atoms with Gasteiger partial charge in [0.1, 0.15) is 0 Å². The van der Waals surface area contributed by atoms with E-state index in [-0.39, 0.29) is 0 Å². The lowest BCUT2D eigenvalue weighted by Crippen LogP contribution is -2.48. The molecule has 3 heteroatoms. The summed E-state index contributed by atoms with van der Waals surface area (Å²) in [6, 6.07) is 6.61. The van der Waals surface area contributed by atoms with E-state index in [4.69, 9.17) is 5.73 Å². The Morgan fingerprint density at radius 2 is 1.84 bits per heavy atom. The van der Waals surface area contributed by atoms with Crippen LogP contribution in [-0.2, 0) is 0 Å². The summed E-state index contributed by atoms with van der Waals surface area (Å²) in [5.74, 6) is 0.604. The topological polar surface area (TPSA) is 32.5 Å². The van der Waals surface area contributed by atoms with E-state index in [1.54, 1.807) is 0 Å². The van der Waals surface area contributed by atoms with Crippen LogP contribution in [0.5, 0.6) is 0 Å². The molecule has 0 aliphatic carbocycles. The summed E-state index contributed by atoms with van der Waals surface area (Å²) >= 11 is 0. The summed E-state index contributed by atoms with van der Waals surface area (Å²) in [5.41, 5.74) is 9.92. The van der Waals surface area contributed by atoms with Crippen molar-refractivity contribution in [3.05, 3.63) is 29.3 Å². The molecule has 1 aromatic rings. The van der Waals surface area contributed by atoms with E-state index in [0.29, 0.717) is 5.92 Å². The molecule has 0 bridgehead atoms. The number of rotatable bonds is 4. The lowest BCUT2D eigenvalue weighted by molar-refractivity contribution is 0.227. The van der Waals surface area contributed by atoms with Crippen molar-refractivity contribution in [2.24, 2.45) is 11.7 Å². The Morgan fingerprint density at radius 3 is 2.47 bits per heavy atom. The van der Waals surface area contributed by atoms with Crippen LogP contribution in [0.2, 0.25) is 0 Å². The lowest BCUT2D eigenvalue weighted by atomic mass is 10.1. The Morgan fingerprint density at radius 1 is 1.16 bits per heavy atom. The first kappa shape index (κ1) is 14.4. The Hall–Kier alpha value is -1.06. The molecule has 1 saturated heterocycles. The van der Waals surface area contributed by atoms with Crippen LogP contribution in [0.15, 0.2) is 18.2 Å². The minimum absolute atomic E-state index is 0.604. The van der Waals surface area contributed by atoms with Crippen molar-refractivity contribution in [1.29, 1.82) is 0 Å². The molecule has 19 heavy (non-hydrogen) atoms. The van der Waals surface area contributed by atoms with Gasteiger partial charge in [0.2, 0.25) is 0 Å². The fourth-order valence-electron chi connectivity index (χ4n) is 2.76. The maximum Gasteiger partial charge on any atom is 0.0399 e. The van der Waals surface area contributed by atoms with Crippen LogP contribution in [-0.4, -0.2) is 44.2 Å². The van der Waals surface area contributed by atoms with Gasteiger partial charge in [-0.1, -0.05) is 19.1 Å². The summed E-state index contributed by atoms with van der Waals surface area (Å²) in [7, 11) is 0. The SMILES string of the molecule is Cc1cccc(N2CCN(CC(C)CN)CC2)c1C. The molecule has 2 N–H and O–H groups in total. The maximum absolute atomic E-state index is 5.71. The second kappa shape index (κ2) is 6.40. The number of aryl methyl sites for hydroxylation is 1. The summed E-state index contributed by atoms with van der Waals surface area (Å²) < 4.78 is 0. The van der Waals surface area contributed by atoms with E-state index >= 15 is 0 Å². The van der Waals surface area contributed by atoms with Gasteiger partial charge in [-0.15, -0.1) is 0 Å². The number of hydrogen-bond acceptors (Lipinski definition) is 3. The monoisotopic (exact) mass is 261 g/mol. The molecule has 0 saturated carbocycles. The van der Waals surface area contributed by atoms with E-state index in [9.17, 15) is 0 Å². The van der Waals surface area contributed by atoms with Crippen molar-refractivity contribution in [3.63, 3.8) is 0 Å². The summed E-state index contributed by atoms with van der Waals surface area (Å²) in [6.45, 7) is 13.1. The molecule has 3 nitrogen and oxygen atoms in total. The average Bonchev–Trinajstić information content (AvgIpc) is 2.43. The van der Waals surface area contributed by atoms with E-state index in [2.05, 4.69) is 48.8 Å². The van der Waals surface area contributed by atoms with Gasteiger partial charge in [-0.2, -0.15) is 0 Å². The number of anilines is 1. The normalized spacial score (nSPS) is 18.6. The fourth-order valence-corrected chi connectivity index (χ4v) is 2.76. The van der Waals surface area contributed by atoms with Crippen molar-refractivity contribution in [2.75, 3.05) is 44.2 Å². The molecule has 106 valence electrons. The largest absolute Gasteiger partial charge is 0.369 e. The van der Waals surface area contributed by atoms with Gasteiger partial charge in [0, 0.05) is 38.4 Å². The molecule has 0 amide bonds. The number of benzene rings is 1. The molecule has 2 rings (SSSR count). The van der Waals surface area contributed by atoms with Crippen LogP contribution >= 0.6 is 0 Å². The van der Waals surface area contributed by atoms with Crippen molar-refractivity contribution < 1.29 is 0 Å². The number of nitrogens with two attached hydrogens (primary N) is 1. The summed E-state index contributed by atoms with van der Waals surface area (Å²) in [4.78, 5) is 5.06. The van der Waals surface area contributed by atoms with E-state index in [1.807, 2.05) is 0 Å². The Bertz CT molecular complexity index is 408. The van der Waals surface area contributed by atoms with Gasteiger partial charge in [-0.25, -0.2) is 0 Å². The molecular weight excluding hydrogens is 234 g/mol. The Kier molecular flexibility index (Phi) is 4.83. The average molecular weight is 261 g/mol. The van der Waals surface area contributed by atoms with E-state index in [0.717, 1.165) is 39.3 Å². The Balaban J connectivity index is 1.94. The van der Waals surface area contributed by atoms with Crippen molar-refractivity contribution >= 4 is 5.69 Å². The van der Waals surface area contributed by atoms with E-state index < -0.39 is 0 Å². The zero-order valence-corrected chi connectivity index (χ0v) is 12.5. The zero-order valence-electron chi connectivity index (χ0n) is 12.5. The lowest BCUT2D eigenvalue weighted by Gasteiger charge is -2.38. The van der Waals surface area contributed by atoms with Gasteiger partial charge < -0.3 is 10.6 Å². The van der Waals surface area contributed by atoms with Gasteiger partial charge in [0.15, 0.2) is 0 Å². The first-order chi connectivity index (χ1) is 9.11.